The Morgan fingerprint density at radius 2 is 2.24 bits per heavy atom. The number of nitrogens with one attached hydrogen (secondary N) is 1. The van der Waals surface area contributed by atoms with Crippen LogP contribution in [0.1, 0.15) is 18.5 Å². The molecule has 1 fully saturated rings. The van der Waals surface area contributed by atoms with Crippen molar-refractivity contribution in [3.8, 4) is 6.07 Å². The molecule has 5 nitrogen and oxygen atoms in total. The number of anilines is 1. The van der Waals surface area contributed by atoms with Gasteiger partial charge in [0.2, 0.25) is 0 Å². The van der Waals surface area contributed by atoms with Gasteiger partial charge in [-0.3, -0.25) is 0 Å². The summed E-state index contributed by atoms with van der Waals surface area (Å²) in [4.78, 5) is 3.95. The number of nitriles is 1. The van der Waals surface area contributed by atoms with Crippen molar-refractivity contribution < 1.29 is 9.84 Å². The van der Waals surface area contributed by atoms with Gasteiger partial charge < -0.3 is 15.2 Å². The highest BCUT2D eigenvalue weighted by molar-refractivity contribution is 5.43. The summed E-state index contributed by atoms with van der Waals surface area (Å²) in [6.45, 7) is 1.68. The summed E-state index contributed by atoms with van der Waals surface area (Å²) in [5, 5.41) is 22.0. The van der Waals surface area contributed by atoms with Gasteiger partial charge in [0.05, 0.1) is 17.5 Å². The third-order valence-corrected chi connectivity index (χ3v) is 2.92. The summed E-state index contributed by atoms with van der Waals surface area (Å²) < 4.78 is 5.21. The van der Waals surface area contributed by atoms with Crippen molar-refractivity contribution in [1.82, 2.24) is 4.98 Å². The van der Waals surface area contributed by atoms with Crippen LogP contribution in [0.15, 0.2) is 18.3 Å². The zero-order valence-corrected chi connectivity index (χ0v) is 9.52. The number of hydrogen-bond donors (Lipinski definition) is 2. The highest BCUT2D eigenvalue weighted by Crippen LogP contribution is 2.21. The molecule has 1 saturated heterocycles. The number of aromatic nitrogens is 1. The second-order valence-electron chi connectivity index (χ2n) is 4.23. The van der Waals surface area contributed by atoms with Crippen molar-refractivity contribution in [3.63, 3.8) is 0 Å². The van der Waals surface area contributed by atoms with E-state index in [4.69, 9.17) is 10.00 Å². The molecular formula is C12H15N3O2. The second kappa shape index (κ2) is 5.13. The fourth-order valence-electron chi connectivity index (χ4n) is 1.76. The molecule has 2 heterocycles. The van der Waals surface area contributed by atoms with Crippen molar-refractivity contribution >= 4 is 5.69 Å². The molecule has 0 radical (unpaired) electrons. The molecule has 2 N–H and O–H groups in total. The van der Waals surface area contributed by atoms with Gasteiger partial charge >= 0.3 is 0 Å². The standard InChI is InChI=1S/C12H15N3O2/c13-7-10-1-2-11(8-14-10)15-9-12(16)3-5-17-6-4-12/h1-2,8,15-16H,3-6,9H2. The molecule has 0 unspecified atom stereocenters. The number of pyridine rings is 1. The lowest BCUT2D eigenvalue weighted by Gasteiger charge is -2.32. The number of rotatable bonds is 3. The van der Waals surface area contributed by atoms with Crippen LogP contribution < -0.4 is 5.32 Å². The van der Waals surface area contributed by atoms with Gasteiger partial charge in [0.25, 0.3) is 0 Å². The summed E-state index contributed by atoms with van der Waals surface area (Å²) in [5.41, 5.74) is 0.496. The van der Waals surface area contributed by atoms with Gasteiger partial charge in [0, 0.05) is 32.6 Å². The van der Waals surface area contributed by atoms with Crippen LogP contribution in [0.4, 0.5) is 5.69 Å². The second-order valence-corrected chi connectivity index (χ2v) is 4.23. The first-order chi connectivity index (χ1) is 8.22. The Bertz CT molecular complexity index is 405. The van der Waals surface area contributed by atoms with Crippen LogP contribution in [-0.4, -0.2) is 35.5 Å². The van der Waals surface area contributed by atoms with Crippen molar-refractivity contribution in [2.75, 3.05) is 25.1 Å². The van der Waals surface area contributed by atoms with Crippen molar-refractivity contribution in [2.45, 2.75) is 18.4 Å². The van der Waals surface area contributed by atoms with Crippen LogP contribution in [0.5, 0.6) is 0 Å². The predicted molar refractivity (Wildman–Crippen MR) is 62.4 cm³/mol. The molecule has 17 heavy (non-hydrogen) atoms. The minimum Gasteiger partial charge on any atom is -0.388 e. The van der Waals surface area contributed by atoms with Crippen LogP contribution in [0.2, 0.25) is 0 Å². The molecule has 5 heteroatoms. The van der Waals surface area contributed by atoms with Crippen LogP contribution in [-0.2, 0) is 4.74 Å². The van der Waals surface area contributed by atoms with E-state index in [0.29, 0.717) is 38.3 Å². The summed E-state index contributed by atoms with van der Waals surface area (Å²) in [6, 6.07) is 5.40. The van der Waals surface area contributed by atoms with Gasteiger partial charge in [-0.15, -0.1) is 0 Å². The van der Waals surface area contributed by atoms with E-state index in [0.717, 1.165) is 5.69 Å². The Hall–Kier alpha value is -1.64. The molecule has 1 aliphatic heterocycles. The van der Waals surface area contributed by atoms with Crippen LogP contribution in [0, 0.1) is 11.3 Å². The quantitative estimate of drug-likeness (QED) is 0.811. The first-order valence-corrected chi connectivity index (χ1v) is 5.62. The Balaban J connectivity index is 1.90. The maximum Gasteiger partial charge on any atom is 0.140 e. The molecule has 0 aromatic carbocycles. The van der Waals surface area contributed by atoms with Crippen molar-refractivity contribution in [3.05, 3.63) is 24.0 Å². The molecular weight excluding hydrogens is 218 g/mol. The monoisotopic (exact) mass is 233 g/mol. The predicted octanol–water partition coefficient (Wildman–Crippen LogP) is 0.907. The van der Waals surface area contributed by atoms with Crippen LogP contribution >= 0.6 is 0 Å². The summed E-state index contributed by atoms with van der Waals surface area (Å²) in [5.74, 6) is 0. The lowest BCUT2D eigenvalue weighted by Crippen LogP contribution is -2.42. The topological polar surface area (TPSA) is 78.2 Å². The maximum absolute atomic E-state index is 10.2. The van der Waals surface area contributed by atoms with Crippen molar-refractivity contribution in [1.29, 1.82) is 5.26 Å². The van der Waals surface area contributed by atoms with Crippen LogP contribution in [0.3, 0.4) is 0 Å². The molecule has 0 saturated carbocycles. The molecule has 1 aromatic heterocycles. The first kappa shape index (κ1) is 11.8. The third-order valence-electron chi connectivity index (χ3n) is 2.92. The van der Waals surface area contributed by atoms with Gasteiger partial charge in [-0.2, -0.15) is 5.26 Å². The van der Waals surface area contributed by atoms with Crippen LogP contribution in [0.25, 0.3) is 0 Å². The maximum atomic E-state index is 10.2. The lowest BCUT2D eigenvalue weighted by molar-refractivity contribution is -0.0543. The number of hydrogen-bond acceptors (Lipinski definition) is 5. The van der Waals surface area contributed by atoms with E-state index in [1.165, 1.54) is 0 Å². The normalized spacial score (nSPS) is 18.4. The van der Waals surface area contributed by atoms with E-state index < -0.39 is 5.60 Å². The molecule has 1 aliphatic rings. The molecule has 2 rings (SSSR count). The van der Waals surface area contributed by atoms with E-state index in [2.05, 4.69) is 10.3 Å². The van der Waals surface area contributed by atoms with E-state index in [1.54, 1.807) is 18.3 Å². The summed E-state index contributed by atoms with van der Waals surface area (Å²) in [6.07, 6.45) is 2.88. The average molecular weight is 233 g/mol. The Labute approximate surface area is 100 Å². The zero-order chi connectivity index (χ0) is 12.1. The molecule has 90 valence electrons. The first-order valence-electron chi connectivity index (χ1n) is 5.62. The average Bonchev–Trinajstić information content (AvgIpc) is 2.38. The highest BCUT2D eigenvalue weighted by atomic mass is 16.5. The number of aliphatic hydroxyl groups is 1. The van der Waals surface area contributed by atoms with E-state index in [-0.39, 0.29) is 0 Å². The minimum atomic E-state index is -0.702. The van der Waals surface area contributed by atoms with Crippen molar-refractivity contribution in [2.24, 2.45) is 0 Å². The van der Waals surface area contributed by atoms with E-state index in [1.807, 2.05) is 6.07 Å². The Morgan fingerprint density at radius 1 is 1.47 bits per heavy atom. The van der Waals surface area contributed by atoms with Gasteiger partial charge in [-0.1, -0.05) is 0 Å². The van der Waals surface area contributed by atoms with Gasteiger partial charge in [-0.25, -0.2) is 4.98 Å². The SMILES string of the molecule is N#Cc1ccc(NCC2(O)CCOCC2)cn1. The summed E-state index contributed by atoms with van der Waals surface area (Å²) >= 11 is 0. The molecule has 1 aromatic rings. The van der Waals surface area contributed by atoms with Gasteiger partial charge in [-0.05, 0) is 12.1 Å². The fraction of sp³-hybridized carbons (Fsp3) is 0.500. The highest BCUT2D eigenvalue weighted by Gasteiger charge is 2.29. The molecule has 0 spiro atoms. The minimum absolute atomic E-state index is 0.389. The Kier molecular flexibility index (Phi) is 3.57. The van der Waals surface area contributed by atoms with Gasteiger partial charge in [0.15, 0.2) is 0 Å². The largest absolute Gasteiger partial charge is 0.388 e. The molecule has 0 amide bonds. The van der Waals surface area contributed by atoms with Gasteiger partial charge in [0.1, 0.15) is 11.8 Å². The van der Waals surface area contributed by atoms with E-state index in [9.17, 15) is 5.11 Å². The fourth-order valence-corrected chi connectivity index (χ4v) is 1.76. The summed E-state index contributed by atoms with van der Waals surface area (Å²) in [7, 11) is 0. The number of ether oxygens (including phenoxy) is 1. The smallest absolute Gasteiger partial charge is 0.140 e. The molecule has 0 atom stereocenters. The molecule has 0 bridgehead atoms. The third kappa shape index (κ3) is 3.16. The number of nitrogens with zero attached hydrogens (tertiary/aromatic N) is 2. The Morgan fingerprint density at radius 3 is 2.82 bits per heavy atom. The molecule has 0 aliphatic carbocycles. The zero-order valence-electron chi connectivity index (χ0n) is 9.52. The van der Waals surface area contributed by atoms with E-state index >= 15 is 0 Å². The lowest BCUT2D eigenvalue weighted by atomic mass is 9.94.